The zero-order chi connectivity index (χ0) is 24.7. The topological polar surface area (TPSA) is 71.3 Å². The van der Waals surface area contributed by atoms with Crippen LogP contribution in [0, 0.1) is 0 Å². The maximum Gasteiger partial charge on any atom is 0.321 e. The van der Waals surface area contributed by atoms with E-state index in [0.29, 0.717) is 18.8 Å². The van der Waals surface area contributed by atoms with Gasteiger partial charge in [0.1, 0.15) is 5.75 Å². The highest BCUT2D eigenvalue weighted by atomic mass is 32.1. The summed E-state index contributed by atoms with van der Waals surface area (Å²) in [5.41, 5.74) is 3.93. The number of thiazole rings is 1. The Kier molecular flexibility index (Phi) is 7.80. The summed E-state index contributed by atoms with van der Waals surface area (Å²) in [7, 11) is 1.62. The Balaban J connectivity index is 1.29. The summed E-state index contributed by atoms with van der Waals surface area (Å²) in [6, 6.07) is 17.5. The number of imidazole rings is 1. The minimum absolute atomic E-state index is 0.112. The molecule has 0 unspecified atom stereocenters. The number of urea groups is 1. The molecule has 8 nitrogen and oxygen atoms in total. The van der Waals surface area contributed by atoms with Crippen LogP contribution < -0.4 is 10.1 Å². The Bertz CT molecular complexity index is 1280. The van der Waals surface area contributed by atoms with E-state index in [0.717, 1.165) is 66.9 Å². The van der Waals surface area contributed by atoms with E-state index in [9.17, 15) is 4.79 Å². The van der Waals surface area contributed by atoms with Crippen molar-refractivity contribution in [2.75, 3.05) is 58.4 Å². The molecule has 1 saturated heterocycles. The van der Waals surface area contributed by atoms with Crippen molar-refractivity contribution in [2.24, 2.45) is 0 Å². The molecular weight excluding hydrogens is 474 g/mol. The fraction of sp³-hybridized carbons (Fsp3) is 0.333. The van der Waals surface area contributed by atoms with Crippen LogP contribution >= 0.6 is 11.3 Å². The average molecular weight is 506 g/mol. The Morgan fingerprint density at radius 3 is 2.78 bits per heavy atom. The third kappa shape index (κ3) is 5.87. The fourth-order valence-electron chi connectivity index (χ4n) is 4.31. The smallest absolute Gasteiger partial charge is 0.321 e. The summed E-state index contributed by atoms with van der Waals surface area (Å²) < 4.78 is 12.9. The summed E-state index contributed by atoms with van der Waals surface area (Å²) in [6.45, 7) is 5.34. The van der Waals surface area contributed by atoms with Crippen LogP contribution in [0.5, 0.6) is 5.75 Å². The van der Waals surface area contributed by atoms with Crippen LogP contribution in [0.15, 0.2) is 66.2 Å². The van der Waals surface area contributed by atoms with Crippen molar-refractivity contribution in [3.63, 3.8) is 0 Å². The number of carbonyl (C=O) groups is 1. The summed E-state index contributed by atoms with van der Waals surface area (Å²) in [6.07, 6.45) is 2.82. The van der Waals surface area contributed by atoms with E-state index in [1.807, 2.05) is 47.4 Å². The normalized spacial score (nSPS) is 14.1. The number of hydrogen-bond donors (Lipinski definition) is 1. The van der Waals surface area contributed by atoms with E-state index in [-0.39, 0.29) is 6.03 Å². The van der Waals surface area contributed by atoms with Crippen molar-refractivity contribution in [3.05, 3.63) is 71.9 Å². The lowest BCUT2D eigenvalue weighted by molar-refractivity contribution is 0.0352. The van der Waals surface area contributed by atoms with Crippen LogP contribution in [0.25, 0.3) is 16.2 Å². The molecular formula is C27H31N5O3S. The number of nitrogens with zero attached hydrogens (tertiary/aromatic N) is 4. The molecule has 0 spiro atoms. The van der Waals surface area contributed by atoms with Crippen LogP contribution in [0.3, 0.4) is 0 Å². The predicted octanol–water partition coefficient (Wildman–Crippen LogP) is 4.48. The van der Waals surface area contributed by atoms with Gasteiger partial charge in [0.25, 0.3) is 0 Å². The number of carbonyl (C=O) groups excluding carboxylic acids is 1. The Hall–Kier alpha value is -3.40. The molecule has 1 N–H and O–H groups in total. The molecule has 2 aromatic heterocycles. The molecule has 2 aromatic carbocycles. The minimum Gasteiger partial charge on any atom is -0.497 e. The molecule has 1 aliphatic heterocycles. The molecule has 0 saturated carbocycles. The van der Waals surface area contributed by atoms with Gasteiger partial charge in [0.05, 0.1) is 26.0 Å². The van der Waals surface area contributed by atoms with Gasteiger partial charge in [-0.2, -0.15) is 0 Å². The molecule has 0 atom stereocenters. The van der Waals surface area contributed by atoms with Gasteiger partial charge in [-0.05, 0) is 12.1 Å². The van der Waals surface area contributed by atoms with Crippen molar-refractivity contribution >= 4 is 28.0 Å². The molecule has 5 rings (SSSR count). The van der Waals surface area contributed by atoms with E-state index in [1.165, 1.54) is 0 Å². The van der Waals surface area contributed by atoms with Gasteiger partial charge >= 0.3 is 6.03 Å². The van der Waals surface area contributed by atoms with Gasteiger partial charge < -0.3 is 19.7 Å². The second-order valence-electron chi connectivity index (χ2n) is 8.72. The van der Waals surface area contributed by atoms with Crippen molar-refractivity contribution in [2.45, 2.75) is 6.42 Å². The zero-order valence-electron chi connectivity index (χ0n) is 20.4. The van der Waals surface area contributed by atoms with Gasteiger partial charge in [0.15, 0.2) is 4.96 Å². The first-order valence-electron chi connectivity index (χ1n) is 12.2. The van der Waals surface area contributed by atoms with Gasteiger partial charge in [0.2, 0.25) is 0 Å². The van der Waals surface area contributed by atoms with E-state index in [4.69, 9.17) is 14.5 Å². The number of nitrogens with one attached hydrogen (secondary N) is 1. The summed E-state index contributed by atoms with van der Waals surface area (Å²) >= 11 is 1.63. The number of benzene rings is 2. The highest BCUT2D eigenvalue weighted by Gasteiger charge is 2.18. The highest BCUT2D eigenvalue weighted by molar-refractivity contribution is 7.15. The molecule has 1 aliphatic rings. The summed E-state index contributed by atoms with van der Waals surface area (Å²) in [5.74, 6) is 0.711. The number of morpholine rings is 1. The molecule has 3 heterocycles. The standard InChI is InChI=1S/C27H31N5O3S/c1-34-24-9-5-8-22(18-24)28-26(33)31(13-12-30-14-16-35-17-15-30)11-10-23-20-36-27-29-25(19-32(23)27)21-6-3-2-4-7-21/h2-9,18-20H,10-17H2,1H3,(H,28,33). The number of fused-ring (bicyclic) bond motifs is 1. The number of ether oxygens (including phenoxy) is 2. The second kappa shape index (κ2) is 11.6. The summed E-state index contributed by atoms with van der Waals surface area (Å²) in [5, 5.41) is 5.18. The predicted molar refractivity (Wildman–Crippen MR) is 143 cm³/mol. The van der Waals surface area contributed by atoms with E-state index < -0.39 is 0 Å². The molecule has 36 heavy (non-hydrogen) atoms. The lowest BCUT2D eigenvalue weighted by atomic mass is 10.2. The van der Waals surface area contributed by atoms with Crippen molar-refractivity contribution < 1.29 is 14.3 Å². The molecule has 0 aliphatic carbocycles. The van der Waals surface area contributed by atoms with Crippen LogP contribution in [0.2, 0.25) is 0 Å². The first-order chi connectivity index (χ1) is 17.7. The highest BCUT2D eigenvalue weighted by Crippen LogP contribution is 2.24. The molecule has 0 radical (unpaired) electrons. The average Bonchev–Trinajstić information content (AvgIpc) is 3.51. The van der Waals surface area contributed by atoms with Crippen molar-refractivity contribution in [1.29, 1.82) is 0 Å². The maximum atomic E-state index is 13.3. The van der Waals surface area contributed by atoms with Crippen LogP contribution in [-0.4, -0.2) is 78.3 Å². The molecule has 2 amide bonds. The summed E-state index contributed by atoms with van der Waals surface area (Å²) in [4.78, 5) is 23.3. The second-order valence-corrected chi connectivity index (χ2v) is 9.56. The zero-order valence-corrected chi connectivity index (χ0v) is 21.2. The largest absolute Gasteiger partial charge is 0.497 e. The molecule has 9 heteroatoms. The number of amides is 2. The third-order valence-corrected chi connectivity index (χ3v) is 7.28. The van der Waals surface area contributed by atoms with Gasteiger partial charge in [0, 0.05) is 73.7 Å². The van der Waals surface area contributed by atoms with Crippen LogP contribution in [0.4, 0.5) is 10.5 Å². The molecule has 0 bridgehead atoms. The number of anilines is 1. The molecule has 188 valence electrons. The first kappa shape index (κ1) is 24.3. The monoisotopic (exact) mass is 505 g/mol. The van der Waals surface area contributed by atoms with Gasteiger partial charge in [-0.1, -0.05) is 36.4 Å². The Labute approximate surface area is 215 Å². The van der Waals surface area contributed by atoms with Gasteiger partial charge in [-0.15, -0.1) is 11.3 Å². The minimum atomic E-state index is -0.112. The van der Waals surface area contributed by atoms with E-state index >= 15 is 0 Å². The lowest BCUT2D eigenvalue weighted by Crippen LogP contribution is -2.45. The number of methoxy groups -OCH3 is 1. The van der Waals surface area contributed by atoms with Gasteiger partial charge in [-0.25, -0.2) is 9.78 Å². The number of hydrogen-bond acceptors (Lipinski definition) is 6. The molecule has 4 aromatic rings. The number of aromatic nitrogens is 2. The molecule has 1 fully saturated rings. The van der Waals surface area contributed by atoms with Crippen molar-refractivity contribution in [3.8, 4) is 17.0 Å². The van der Waals surface area contributed by atoms with Crippen molar-refractivity contribution in [1.82, 2.24) is 19.2 Å². The Morgan fingerprint density at radius 1 is 1.14 bits per heavy atom. The maximum absolute atomic E-state index is 13.3. The van der Waals surface area contributed by atoms with Gasteiger partial charge in [-0.3, -0.25) is 9.30 Å². The third-order valence-electron chi connectivity index (χ3n) is 6.39. The fourth-order valence-corrected chi connectivity index (χ4v) is 5.22. The lowest BCUT2D eigenvalue weighted by Gasteiger charge is -2.30. The quantitative estimate of drug-likeness (QED) is 0.363. The number of rotatable bonds is 9. The first-order valence-corrected chi connectivity index (χ1v) is 13.1. The van der Waals surface area contributed by atoms with Crippen LogP contribution in [-0.2, 0) is 11.2 Å². The SMILES string of the molecule is COc1cccc(NC(=O)N(CCc2csc3nc(-c4ccccc4)cn23)CCN2CCOCC2)c1. The van der Waals surface area contributed by atoms with E-state index in [1.54, 1.807) is 18.4 Å². The van der Waals surface area contributed by atoms with E-state index in [2.05, 4.69) is 38.3 Å². The Morgan fingerprint density at radius 2 is 1.97 bits per heavy atom. The van der Waals surface area contributed by atoms with Crippen LogP contribution in [0.1, 0.15) is 5.69 Å².